The molecule has 0 amide bonds. The van der Waals surface area contributed by atoms with E-state index in [1.165, 1.54) is 13.0 Å². The molecule has 0 atom stereocenters. The predicted octanol–water partition coefficient (Wildman–Crippen LogP) is 4.99. The fourth-order valence-corrected chi connectivity index (χ4v) is 4.08. The van der Waals surface area contributed by atoms with Gasteiger partial charge in [-0.2, -0.15) is 0 Å². The third kappa shape index (κ3) is 4.83. The number of rotatable bonds is 8. The molecular formula is C25H27FN2O4. The highest BCUT2D eigenvalue weighted by Crippen LogP contribution is 2.33. The Labute approximate surface area is 186 Å². The third-order valence-corrected chi connectivity index (χ3v) is 5.88. The largest absolute Gasteiger partial charge is 0.493 e. The number of likely N-dealkylation sites (tertiary alicyclic amines) is 1. The van der Waals surface area contributed by atoms with E-state index in [0.29, 0.717) is 34.6 Å². The van der Waals surface area contributed by atoms with Crippen LogP contribution >= 0.6 is 0 Å². The van der Waals surface area contributed by atoms with Gasteiger partial charge in [-0.05, 0) is 63.2 Å². The van der Waals surface area contributed by atoms with E-state index in [2.05, 4.69) is 16.1 Å². The van der Waals surface area contributed by atoms with Gasteiger partial charge in [0.25, 0.3) is 0 Å². The van der Waals surface area contributed by atoms with Crippen molar-refractivity contribution in [3.05, 3.63) is 65.6 Å². The lowest BCUT2D eigenvalue weighted by Crippen LogP contribution is -2.33. The highest BCUT2D eigenvalue weighted by atomic mass is 19.1. The molecular weight excluding hydrogens is 411 g/mol. The Hall–Kier alpha value is -3.19. The van der Waals surface area contributed by atoms with E-state index in [-0.39, 0.29) is 17.5 Å². The van der Waals surface area contributed by atoms with E-state index in [9.17, 15) is 9.18 Å². The van der Waals surface area contributed by atoms with Gasteiger partial charge < -0.3 is 14.0 Å². The molecule has 32 heavy (non-hydrogen) atoms. The maximum Gasteiger partial charge on any atom is 0.170 e. The third-order valence-electron chi connectivity index (χ3n) is 5.88. The summed E-state index contributed by atoms with van der Waals surface area (Å²) in [6.45, 7) is 4.59. The second kappa shape index (κ2) is 9.96. The number of hydrogen-bond donors (Lipinski definition) is 0. The summed E-state index contributed by atoms with van der Waals surface area (Å²) >= 11 is 0. The number of benzene rings is 2. The minimum Gasteiger partial charge on any atom is -0.493 e. The van der Waals surface area contributed by atoms with E-state index in [0.717, 1.165) is 38.2 Å². The molecule has 4 rings (SSSR count). The van der Waals surface area contributed by atoms with Gasteiger partial charge in [-0.25, -0.2) is 4.39 Å². The smallest absolute Gasteiger partial charge is 0.170 e. The molecule has 0 N–H and O–H groups in total. The van der Waals surface area contributed by atoms with Crippen LogP contribution in [0.25, 0.3) is 11.0 Å². The van der Waals surface area contributed by atoms with Gasteiger partial charge in [0.15, 0.2) is 22.9 Å². The van der Waals surface area contributed by atoms with Crippen LogP contribution in [0.2, 0.25) is 0 Å². The van der Waals surface area contributed by atoms with Crippen LogP contribution in [0.15, 0.2) is 53.1 Å². The van der Waals surface area contributed by atoms with Crippen molar-refractivity contribution in [3.8, 4) is 11.5 Å². The van der Waals surface area contributed by atoms with Crippen LogP contribution in [0.1, 0.15) is 41.7 Å². The molecule has 1 aliphatic heterocycles. The first-order chi connectivity index (χ1) is 15.6. The van der Waals surface area contributed by atoms with Crippen LogP contribution in [-0.2, 0) is 0 Å². The van der Waals surface area contributed by atoms with Crippen molar-refractivity contribution in [1.29, 1.82) is 0 Å². The van der Waals surface area contributed by atoms with Crippen molar-refractivity contribution in [1.82, 2.24) is 10.1 Å². The Morgan fingerprint density at radius 1 is 1.22 bits per heavy atom. The van der Waals surface area contributed by atoms with Crippen LogP contribution in [0, 0.1) is 5.82 Å². The molecule has 1 aliphatic rings. The van der Waals surface area contributed by atoms with Crippen molar-refractivity contribution in [3.63, 3.8) is 0 Å². The summed E-state index contributed by atoms with van der Waals surface area (Å²) in [4.78, 5) is 13.9. The fourth-order valence-electron chi connectivity index (χ4n) is 4.08. The normalized spacial score (nSPS) is 15.5. The quantitative estimate of drug-likeness (QED) is 0.365. The van der Waals surface area contributed by atoms with Crippen molar-refractivity contribution >= 4 is 16.8 Å². The molecule has 2 aromatic carbocycles. The maximum absolute atomic E-state index is 14.2. The first-order valence-electron chi connectivity index (χ1n) is 10.8. The SMILES string of the molecule is COc1cc(C(C)=O)ccc1OC/C=C\CN1CCC(c2noc3cccc(F)c23)CC1. The lowest BCUT2D eigenvalue weighted by Gasteiger charge is -2.30. The van der Waals surface area contributed by atoms with Gasteiger partial charge in [-0.15, -0.1) is 0 Å². The summed E-state index contributed by atoms with van der Waals surface area (Å²) in [6.07, 6.45) is 5.90. The number of carbonyl (C=O) groups is 1. The Balaban J connectivity index is 1.25. The number of carbonyl (C=O) groups excluding carboxylic acids is 1. The molecule has 0 spiro atoms. The first kappa shape index (κ1) is 22.0. The van der Waals surface area contributed by atoms with Crippen molar-refractivity contribution in [2.45, 2.75) is 25.7 Å². The Kier molecular flexibility index (Phi) is 6.85. The number of nitrogens with zero attached hydrogens (tertiary/aromatic N) is 2. The van der Waals surface area contributed by atoms with Crippen molar-refractivity contribution in [2.24, 2.45) is 0 Å². The molecule has 1 fully saturated rings. The van der Waals surface area contributed by atoms with E-state index >= 15 is 0 Å². The maximum atomic E-state index is 14.2. The number of Topliss-reactive ketones (excluding diaryl/α,β-unsaturated/α-hetero) is 1. The molecule has 1 saturated heterocycles. The number of halogens is 1. The van der Waals surface area contributed by atoms with Gasteiger partial charge in [0.2, 0.25) is 0 Å². The molecule has 0 saturated carbocycles. The Morgan fingerprint density at radius 3 is 2.78 bits per heavy atom. The predicted molar refractivity (Wildman–Crippen MR) is 120 cm³/mol. The molecule has 168 valence electrons. The van der Waals surface area contributed by atoms with E-state index in [4.69, 9.17) is 14.0 Å². The molecule has 7 heteroatoms. The van der Waals surface area contributed by atoms with Gasteiger partial charge in [0.1, 0.15) is 12.4 Å². The van der Waals surface area contributed by atoms with Gasteiger partial charge in [-0.1, -0.05) is 23.4 Å². The minimum absolute atomic E-state index is 0.0135. The number of hydrogen-bond acceptors (Lipinski definition) is 6. The number of methoxy groups -OCH3 is 1. The average Bonchev–Trinajstić information content (AvgIpc) is 3.25. The number of piperidine rings is 1. The second-order valence-electron chi connectivity index (χ2n) is 7.96. The zero-order valence-electron chi connectivity index (χ0n) is 18.3. The highest BCUT2D eigenvalue weighted by molar-refractivity contribution is 5.94. The summed E-state index contributed by atoms with van der Waals surface area (Å²) in [5.41, 5.74) is 1.85. The molecule has 6 nitrogen and oxygen atoms in total. The lowest BCUT2D eigenvalue weighted by atomic mass is 9.91. The van der Waals surface area contributed by atoms with Gasteiger partial charge in [0, 0.05) is 18.0 Å². The minimum atomic E-state index is -0.267. The summed E-state index contributed by atoms with van der Waals surface area (Å²) in [5.74, 6) is 1.08. The van der Waals surface area contributed by atoms with Gasteiger partial charge in [0.05, 0.1) is 18.2 Å². The fraction of sp³-hybridized carbons (Fsp3) is 0.360. The molecule has 2 heterocycles. The van der Waals surface area contributed by atoms with Crippen LogP contribution in [0.4, 0.5) is 4.39 Å². The molecule has 0 unspecified atom stereocenters. The zero-order valence-corrected chi connectivity index (χ0v) is 18.3. The van der Waals surface area contributed by atoms with E-state index in [1.54, 1.807) is 37.4 Å². The van der Waals surface area contributed by atoms with Crippen LogP contribution in [-0.4, -0.2) is 49.2 Å². The number of ketones is 1. The zero-order chi connectivity index (χ0) is 22.5. The first-order valence-corrected chi connectivity index (χ1v) is 10.8. The second-order valence-corrected chi connectivity index (χ2v) is 7.96. The topological polar surface area (TPSA) is 64.8 Å². The standard InChI is InChI=1S/C25H27FN2O4/c1-17(29)19-8-9-21(23(16-19)30-2)31-15-4-3-12-28-13-10-18(11-14-28)25-24-20(26)6-5-7-22(24)32-27-25/h3-9,16,18H,10-15H2,1-2H3/b4-3-. The van der Waals surface area contributed by atoms with Crippen molar-refractivity contribution in [2.75, 3.05) is 33.4 Å². The monoisotopic (exact) mass is 438 g/mol. The molecule has 0 bridgehead atoms. The summed E-state index contributed by atoms with van der Waals surface area (Å²) in [6, 6.07) is 10.0. The van der Waals surface area contributed by atoms with Gasteiger partial charge >= 0.3 is 0 Å². The lowest BCUT2D eigenvalue weighted by molar-refractivity contribution is 0.101. The van der Waals surface area contributed by atoms with Crippen LogP contribution in [0.5, 0.6) is 11.5 Å². The van der Waals surface area contributed by atoms with E-state index < -0.39 is 0 Å². The summed E-state index contributed by atoms with van der Waals surface area (Å²) in [5, 5.41) is 4.68. The van der Waals surface area contributed by atoms with Crippen LogP contribution in [0.3, 0.4) is 0 Å². The Bertz CT molecular complexity index is 1120. The van der Waals surface area contributed by atoms with Gasteiger partial charge in [-0.3, -0.25) is 9.69 Å². The molecule has 0 aliphatic carbocycles. The molecule has 3 aromatic rings. The van der Waals surface area contributed by atoms with Crippen LogP contribution < -0.4 is 9.47 Å². The highest BCUT2D eigenvalue weighted by Gasteiger charge is 2.25. The Morgan fingerprint density at radius 2 is 2.03 bits per heavy atom. The molecule has 1 aromatic heterocycles. The van der Waals surface area contributed by atoms with E-state index in [1.807, 2.05) is 6.08 Å². The number of ether oxygens (including phenoxy) is 2. The number of aromatic nitrogens is 1. The molecule has 0 radical (unpaired) electrons. The summed E-state index contributed by atoms with van der Waals surface area (Å²) in [7, 11) is 1.56. The number of fused-ring (bicyclic) bond motifs is 1. The van der Waals surface area contributed by atoms with Crippen molar-refractivity contribution < 1.29 is 23.2 Å². The average molecular weight is 438 g/mol. The summed E-state index contributed by atoms with van der Waals surface area (Å²) < 4.78 is 30.6.